The number of amides is 3. The number of nitrogens with zero attached hydrogens (tertiary/aromatic N) is 1. The Balaban J connectivity index is 1.34. The maximum absolute atomic E-state index is 14.2. The van der Waals surface area contributed by atoms with Crippen molar-refractivity contribution in [3.63, 3.8) is 0 Å². The lowest BCUT2D eigenvalue weighted by molar-refractivity contribution is -0.142. The van der Waals surface area contributed by atoms with Crippen LogP contribution in [0.1, 0.15) is 44.2 Å². The molecule has 2 aromatic rings. The smallest absolute Gasteiger partial charge is 0.246 e. The summed E-state index contributed by atoms with van der Waals surface area (Å²) in [5.74, 6) is -1.52. The van der Waals surface area contributed by atoms with E-state index in [0.717, 1.165) is 30.4 Å². The fourth-order valence-corrected chi connectivity index (χ4v) is 7.44. The van der Waals surface area contributed by atoms with Gasteiger partial charge in [-0.2, -0.15) is 0 Å². The summed E-state index contributed by atoms with van der Waals surface area (Å²) in [5, 5.41) is 6.80. The van der Waals surface area contributed by atoms with E-state index in [4.69, 9.17) is 16.3 Å². The normalized spacial score (nSPS) is 34.1. The summed E-state index contributed by atoms with van der Waals surface area (Å²) in [5.41, 5.74) is 1.21. The van der Waals surface area contributed by atoms with Gasteiger partial charge >= 0.3 is 0 Å². The number of carbonyl (C=O) groups is 3. The number of hydrogen-bond acceptors (Lipinski definition) is 4. The summed E-state index contributed by atoms with van der Waals surface area (Å²) in [6.07, 6.45) is 6.21. The molecular weight excluding hydrogens is 526 g/mol. The minimum absolute atomic E-state index is 0.0203. The van der Waals surface area contributed by atoms with E-state index >= 15 is 0 Å². The topological polar surface area (TPSA) is 87.7 Å². The van der Waals surface area contributed by atoms with Crippen LogP contribution >= 0.6 is 11.6 Å². The molecule has 210 valence electrons. The largest absolute Gasteiger partial charge is 0.359 e. The van der Waals surface area contributed by atoms with Crippen molar-refractivity contribution in [1.29, 1.82) is 0 Å². The average Bonchev–Trinajstić information content (AvgIpc) is 3.55. The van der Waals surface area contributed by atoms with Gasteiger partial charge < -0.3 is 20.3 Å². The molecule has 8 atom stereocenters. The number of rotatable bonds is 6. The summed E-state index contributed by atoms with van der Waals surface area (Å²) < 4.78 is 6.49. The van der Waals surface area contributed by atoms with Crippen LogP contribution in [0.2, 0.25) is 5.02 Å². The van der Waals surface area contributed by atoms with Crippen LogP contribution in [0.3, 0.4) is 0 Å². The fourth-order valence-electron chi connectivity index (χ4n) is 7.24. The minimum atomic E-state index is -1.22. The molecule has 2 bridgehead atoms. The maximum atomic E-state index is 14.2. The third kappa shape index (κ3) is 4.44. The minimum Gasteiger partial charge on any atom is -0.359 e. The summed E-state index contributed by atoms with van der Waals surface area (Å²) in [6.45, 7) is 6.51. The number of halogens is 1. The van der Waals surface area contributed by atoms with Gasteiger partial charge in [0.25, 0.3) is 0 Å². The Hall–Kier alpha value is -3.16. The van der Waals surface area contributed by atoms with Crippen molar-refractivity contribution >= 4 is 35.0 Å². The Morgan fingerprint density at radius 1 is 1.10 bits per heavy atom. The lowest BCUT2D eigenvalue weighted by Gasteiger charge is -2.38. The number of aryl methyl sites for hydroxylation is 1. The van der Waals surface area contributed by atoms with Crippen molar-refractivity contribution in [2.75, 3.05) is 5.32 Å². The van der Waals surface area contributed by atoms with E-state index in [-0.39, 0.29) is 30.3 Å². The molecule has 6 rings (SSSR count). The molecule has 1 spiro atoms. The number of fused-ring (bicyclic) bond motifs is 1. The van der Waals surface area contributed by atoms with Crippen molar-refractivity contribution in [3.05, 3.63) is 76.8 Å². The van der Waals surface area contributed by atoms with Crippen LogP contribution in [0.15, 0.2) is 60.7 Å². The van der Waals surface area contributed by atoms with Gasteiger partial charge in [-0.25, -0.2) is 0 Å². The second-order valence-electron chi connectivity index (χ2n) is 12.0. The van der Waals surface area contributed by atoms with Crippen molar-refractivity contribution in [1.82, 2.24) is 10.2 Å². The Kier molecular flexibility index (Phi) is 6.99. The molecule has 3 amide bonds. The third-order valence-electron chi connectivity index (χ3n) is 9.54. The van der Waals surface area contributed by atoms with Gasteiger partial charge in [0.1, 0.15) is 11.6 Å². The van der Waals surface area contributed by atoms with Crippen LogP contribution in [-0.2, 0) is 25.7 Å². The molecule has 0 aromatic heterocycles. The highest BCUT2D eigenvalue weighted by atomic mass is 35.5. The Morgan fingerprint density at radius 3 is 2.67 bits per heavy atom. The van der Waals surface area contributed by atoms with Gasteiger partial charge in [-0.1, -0.05) is 80.8 Å². The van der Waals surface area contributed by atoms with Crippen LogP contribution in [0.5, 0.6) is 0 Å². The quantitative estimate of drug-likeness (QED) is 0.492. The first-order valence-electron chi connectivity index (χ1n) is 14.3. The van der Waals surface area contributed by atoms with Crippen LogP contribution in [0.4, 0.5) is 5.69 Å². The lowest BCUT2D eigenvalue weighted by Crippen LogP contribution is -2.57. The molecule has 1 aliphatic carbocycles. The molecule has 3 aliphatic heterocycles. The predicted octanol–water partition coefficient (Wildman–Crippen LogP) is 4.88. The zero-order valence-electron chi connectivity index (χ0n) is 23.1. The number of benzene rings is 2. The number of likely N-dealkylation sites (tertiary alicyclic amines) is 1. The monoisotopic (exact) mass is 561 g/mol. The number of hydrogen-bond donors (Lipinski definition) is 2. The zero-order chi connectivity index (χ0) is 28.2. The number of ether oxygens (including phenoxy) is 1. The number of anilines is 1. The molecule has 1 saturated carbocycles. The van der Waals surface area contributed by atoms with Gasteiger partial charge in [-0.05, 0) is 54.5 Å². The highest BCUT2D eigenvalue weighted by Crippen LogP contribution is 2.55. The first-order chi connectivity index (χ1) is 19.2. The van der Waals surface area contributed by atoms with Gasteiger partial charge in [0.2, 0.25) is 17.7 Å². The van der Waals surface area contributed by atoms with E-state index in [9.17, 15) is 14.4 Å². The van der Waals surface area contributed by atoms with Crippen LogP contribution < -0.4 is 10.6 Å². The lowest BCUT2D eigenvalue weighted by atomic mass is 9.73. The summed E-state index contributed by atoms with van der Waals surface area (Å²) in [4.78, 5) is 43.7. The van der Waals surface area contributed by atoms with Gasteiger partial charge in [-0.3, -0.25) is 14.4 Å². The summed E-state index contributed by atoms with van der Waals surface area (Å²) in [6, 6.07) is 14.0. The van der Waals surface area contributed by atoms with E-state index in [0.29, 0.717) is 22.5 Å². The van der Waals surface area contributed by atoms with Crippen molar-refractivity contribution in [3.8, 4) is 0 Å². The van der Waals surface area contributed by atoms with Crippen LogP contribution in [-0.4, -0.2) is 46.4 Å². The highest BCUT2D eigenvalue weighted by molar-refractivity contribution is 6.31. The first-order valence-corrected chi connectivity index (χ1v) is 14.7. The molecule has 0 unspecified atom stereocenters. The SMILES string of the molecule is Cc1cccc(NC(=O)[C@@H]2[C@@H]3C=C[C@]4(O3)[C@@H]2C(=O)N(Cc2ccccc2Cl)[C@H]4C(=O)N[C@@H]2CCC[C@H](C)[C@H]2C)c1. The van der Waals surface area contributed by atoms with Crippen molar-refractivity contribution < 1.29 is 19.1 Å². The van der Waals surface area contributed by atoms with E-state index < -0.39 is 29.6 Å². The zero-order valence-corrected chi connectivity index (χ0v) is 23.9. The Bertz CT molecular complexity index is 1380. The Labute approximate surface area is 240 Å². The Morgan fingerprint density at radius 2 is 1.90 bits per heavy atom. The molecule has 7 nitrogen and oxygen atoms in total. The molecule has 3 fully saturated rings. The fraction of sp³-hybridized carbons (Fsp3) is 0.469. The number of nitrogens with one attached hydrogen (secondary N) is 2. The number of carbonyl (C=O) groups excluding carboxylic acids is 3. The standard InChI is InChI=1S/C32H36ClN3O4/c1-18-8-6-11-22(16-18)34-29(37)26-25-14-15-32(40-25)27(26)31(39)36(17-21-10-4-5-12-23(21)33)28(32)30(38)35-24-13-7-9-19(2)20(24)3/h4-6,8,10-12,14-16,19-20,24-28H,7,9,13,17H2,1-3H3,(H,34,37)(H,35,38)/t19-,20+,24+,25-,26+,27-,28-,32-/m0/s1. The van der Waals surface area contributed by atoms with Crippen molar-refractivity contribution in [2.45, 2.75) is 70.4 Å². The molecule has 0 radical (unpaired) electrons. The highest BCUT2D eigenvalue weighted by Gasteiger charge is 2.72. The third-order valence-corrected chi connectivity index (χ3v) is 9.91. The molecule has 4 aliphatic rings. The second-order valence-corrected chi connectivity index (χ2v) is 12.4. The molecular formula is C32H36ClN3O4. The van der Waals surface area contributed by atoms with E-state index in [1.165, 1.54) is 0 Å². The first kappa shape index (κ1) is 27.0. The predicted molar refractivity (Wildman–Crippen MR) is 153 cm³/mol. The summed E-state index contributed by atoms with van der Waals surface area (Å²) >= 11 is 6.50. The van der Waals surface area contributed by atoms with E-state index in [1.807, 2.05) is 61.5 Å². The molecule has 40 heavy (non-hydrogen) atoms. The van der Waals surface area contributed by atoms with Gasteiger partial charge in [0, 0.05) is 23.3 Å². The van der Waals surface area contributed by atoms with Crippen molar-refractivity contribution in [2.24, 2.45) is 23.7 Å². The molecule has 3 heterocycles. The molecule has 2 aromatic carbocycles. The second kappa shape index (κ2) is 10.3. The van der Waals surface area contributed by atoms with Gasteiger partial charge in [-0.15, -0.1) is 0 Å². The van der Waals surface area contributed by atoms with Crippen LogP contribution in [0, 0.1) is 30.6 Å². The average molecular weight is 562 g/mol. The van der Waals surface area contributed by atoms with E-state index in [1.54, 1.807) is 11.0 Å². The summed E-state index contributed by atoms with van der Waals surface area (Å²) in [7, 11) is 0. The maximum Gasteiger partial charge on any atom is 0.246 e. The molecule has 2 N–H and O–H groups in total. The molecule has 8 heteroatoms. The van der Waals surface area contributed by atoms with E-state index in [2.05, 4.69) is 24.5 Å². The van der Waals surface area contributed by atoms with Gasteiger partial charge in [0.05, 0.1) is 17.9 Å². The van der Waals surface area contributed by atoms with Gasteiger partial charge in [0.15, 0.2) is 0 Å². The van der Waals surface area contributed by atoms with Crippen LogP contribution in [0.25, 0.3) is 0 Å². The molecule has 2 saturated heterocycles.